The van der Waals surface area contributed by atoms with Crippen LogP contribution < -0.4 is 5.32 Å². The van der Waals surface area contributed by atoms with Gasteiger partial charge in [0.05, 0.1) is 15.9 Å². The first-order valence-electron chi connectivity index (χ1n) is 9.74. The minimum absolute atomic E-state index is 0.186. The second-order valence-electron chi connectivity index (χ2n) is 7.38. The average molecular weight is 402 g/mol. The molecular formula is C24H19FN2OS. The molecule has 0 saturated heterocycles. The number of anilines is 2. The van der Waals surface area contributed by atoms with E-state index in [1.807, 2.05) is 54.6 Å². The third kappa shape index (κ3) is 3.54. The number of Topliss-reactive ketones (excluding diaryl/α,β-unsaturated/α-hetero) is 1. The highest BCUT2D eigenvalue weighted by Gasteiger charge is 2.26. The van der Waals surface area contributed by atoms with Gasteiger partial charge in [0, 0.05) is 11.5 Å². The smallest absolute Gasteiger partial charge is 0.188 e. The molecule has 1 saturated carbocycles. The number of carbonyl (C=O) groups is 1. The Balaban J connectivity index is 1.35. The van der Waals surface area contributed by atoms with Crippen LogP contribution in [-0.2, 0) is 0 Å². The van der Waals surface area contributed by atoms with Crippen molar-refractivity contribution in [3.8, 4) is 11.1 Å². The van der Waals surface area contributed by atoms with Crippen LogP contribution in [0.15, 0.2) is 66.7 Å². The monoisotopic (exact) mass is 402 g/mol. The number of ketones is 1. The van der Waals surface area contributed by atoms with Crippen molar-refractivity contribution in [1.82, 2.24) is 4.98 Å². The summed E-state index contributed by atoms with van der Waals surface area (Å²) in [6, 6.07) is 20.4. The van der Waals surface area contributed by atoms with Crippen LogP contribution in [0.2, 0.25) is 0 Å². The van der Waals surface area contributed by atoms with Crippen LogP contribution in [0, 0.1) is 11.7 Å². The van der Waals surface area contributed by atoms with E-state index in [1.54, 1.807) is 6.07 Å². The number of aromatic nitrogens is 1. The van der Waals surface area contributed by atoms with E-state index in [1.165, 1.54) is 17.4 Å². The van der Waals surface area contributed by atoms with E-state index in [0.717, 1.165) is 46.2 Å². The molecule has 0 atom stereocenters. The van der Waals surface area contributed by atoms with Crippen molar-refractivity contribution < 1.29 is 9.18 Å². The molecule has 1 fully saturated rings. The second-order valence-corrected chi connectivity index (χ2v) is 8.41. The van der Waals surface area contributed by atoms with Crippen LogP contribution in [0.4, 0.5) is 15.2 Å². The highest BCUT2D eigenvalue weighted by atomic mass is 32.1. The fraction of sp³-hybridized carbons (Fsp3) is 0.167. The summed E-state index contributed by atoms with van der Waals surface area (Å²) in [4.78, 5) is 16.8. The predicted octanol–water partition coefficient (Wildman–Crippen LogP) is 6.83. The maximum absolute atomic E-state index is 14.7. The SMILES string of the molecule is O=C(c1ccc(-c2ccc(Nc3nc4ccccc4s3)c(F)c2)cc1)C1CCC1. The second kappa shape index (κ2) is 7.41. The topological polar surface area (TPSA) is 42.0 Å². The number of thiazole rings is 1. The zero-order valence-corrected chi connectivity index (χ0v) is 16.5. The largest absolute Gasteiger partial charge is 0.329 e. The van der Waals surface area contributed by atoms with Gasteiger partial charge in [-0.1, -0.05) is 60.2 Å². The number of benzene rings is 3. The quantitative estimate of drug-likeness (QED) is 0.372. The molecule has 1 N–H and O–H groups in total. The zero-order valence-electron chi connectivity index (χ0n) is 15.7. The molecule has 0 spiro atoms. The summed E-state index contributed by atoms with van der Waals surface area (Å²) in [5, 5.41) is 3.74. The summed E-state index contributed by atoms with van der Waals surface area (Å²) < 4.78 is 15.8. The molecule has 1 heterocycles. The molecule has 1 aliphatic carbocycles. The van der Waals surface area contributed by atoms with Crippen LogP contribution in [0.1, 0.15) is 29.6 Å². The highest BCUT2D eigenvalue weighted by molar-refractivity contribution is 7.22. The van der Waals surface area contributed by atoms with Crippen molar-refractivity contribution in [2.24, 2.45) is 5.92 Å². The van der Waals surface area contributed by atoms with Crippen molar-refractivity contribution >= 4 is 38.2 Å². The lowest BCUT2D eigenvalue weighted by atomic mass is 9.80. The van der Waals surface area contributed by atoms with Crippen LogP contribution in [0.3, 0.4) is 0 Å². The minimum atomic E-state index is -0.337. The molecule has 29 heavy (non-hydrogen) atoms. The summed E-state index contributed by atoms with van der Waals surface area (Å²) >= 11 is 1.49. The summed E-state index contributed by atoms with van der Waals surface area (Å²) in [5.41, 5.74) is 3.70. The van der Waals surface area contributed by atoms with Crippen LogP contribution in [-0.4, -0.2) is 10.8 Å². The van der Waals surface area contributed by atoms with E-state index < -0.39 is 0 Å². The van der Waals surface area contributed by atoms with Crippen LogP contribution in [0.25, 0.3) is 21.3 Å². The van der Waals surface area contributed by atoms with Gasteiger partial charge in [0.2, 0.25) is 0 Å². The first-order chi connectivity index (χ1) is 14.2. The Morgan fingerprint density at radius 2 is 1.76 bits per heavy atom. The molecule has 3 aromatic carbocycles. The number of nitrogens with zero attached hydrogens (tertiary/aromatic N) is 1. The van der Waals surface area contributed by atoms with Crippen molar-refractivity contribution in [3.05, 3.63) is 78.1 Å². The predicted molar refractivity (Wildman–Crippen MR) is 116 cm³/mol. The molecule has 0 amide bonds. The summed E-state index contributed by atoms with van der Waals surface area (Å²) in [5.74, 6) is 0.0758. The average Bonchev–Trinajstić information content (AvgIpc) is 3.11. The van der Waals surface area contributed by atoms with E-state index in [4.69, 9.17) is 0 Å². The summed E-state index contributed by atoms with van der Waals surface area (Å²) in [7, 11) is 0. The number of nitrogens with one attached hydrogen (secondary N) is 1. The van der Waals surface area contributed by atoms with E-state index in [9.17, 15) is 9.18 Å². The van der Waals surface area contributed by atoms with Gasteiger partial charge in [-0.25, -0.2) is 9.37 Å². The molecule has 144 valence electrons. The molecule has 1 aliphatic rings. The van der Waals surface area contributed by atoms with Gasteiger partial charge in [0.1, 0.15) is 5.82 Å². The zero-order chi connectivity index (χ0) is 19.8. The third-order valence-corrected chi connectivity index (χ3v) is 6.44. The molecule has 5 heteroatoms. The van der Waals surface area contributed by atoms with E-state index >= 15 is 0 Å². The maximum Gasteiger partial charge on any atom is 0.188 e. The van der Waals surface area contributed by atoms with E-state index in [0.29, 0.717) is 10.8 Å². The van der Waals surface area contributed by atoms with Gasteiger partial charge in [0.25, 0.3) is 0 Å². The fourth-order valence-electron chi connectivity index (χ4n) is 3.57. The molecule has 1 aromatic heterocycles. The molecular weight excluding hydrogens is 383 g/mol. The molecule has 0 radical (unpaired) electrons. The Morgan fingerprint density at radius 3 is 2.45 bits per heavy atom. The highest BCUT2D eigenvalue weighted by Crippen LogP contribution is 2.32. The Hall–Kier alpha value is -3.05. The first-order valence-corrected chi connectivity index (χ1v) is 10.6. The lowest BCUT2D eigenvalue weighted by Crippen LogP contribution is -2.21. The number of rotatable bonds is 5. The van der Waals surface area contributed by atoms with E-state index in [-0.39, 0.29) is 17.5 Å². The number of hydrogen-bond donors (Lipinski definition) is 1. The fourth-order valence-corrected chi connectivity index (χ4v) is 4.45. The molecule has 4 aromatic rings. The van der Waals surface area contributed by atoms with Gasteiger partial charge in [-0.05, 0) is 48.2 Å². The van der Waals surface area contributed by atoms with Gasteiger partial charge in [-0.2, -0.15) is 0 Å². The van der Waals surface area contributed by atoms with Crippen molar-refractivity contribution in [2.45, 2.75) is 19.3 Å². The van der Waals surface area contributed by atoms with Crippen molar-refractivity contribution in [1.29, 1.82) is 0 Å². The number of fused-ring (bicyclic) bond motifs is 1. The number of hydrogen-bond acceptors (Lipinski definition) is 4. The first kappa shape index (κ1) is 18.0. The standard InChI is InChI=1S/C24H19FN2OS/c25-19-14-18(15-8-10-17(11-9-15)23(28)16-4-3-5-16)12-13-20(19)26-24-27-21-6-1-2-7-22(21)29-24/h1-2,6-14,16H,3-5H2,(H,26,27). The Kier molecular flexibility index (Phi) is 4.60. The molecule has 5 rings (SSSR count). The molecule has 0 bridgehead atoms. The summed E-state index contributed by atoms with van der Waals surface area (Å²) in [6.45, 7) is 0. The minimum Gasteiger partial charge on any atom is -0.329 e. The molecule has 0 unspecified atom stereocenters. The van der Waals surface area contributed by atoms with Gasteiger partial charge < -0.3 is 5.32 Å². The maximum atomic E-state index is 14.7. The molecule has 3 nitrogen and oxygen atoms in total. The lowest BCUT2D eigenvalue weighted by Gasteiger charge is -2.23. The van der Waals surface area contributed by atoms with Crippen LogP contribution in [0.5, 0.6) is 0 Å². The number of carbonyl (C=O) groups excluding carboxylic acids is 1. The van der Waals surface area contributed by atoms with Crippen molar-refractivity contribution in [3.63, 3.8) is 0 Å². The summed E-state index contributed by atoms with van der Waals surface area (Å²) in [6.07, 6.45) is 3.13. The Bertz CT molecular complexity index is 1160. The normalized spacial score (nSPS) is 14.0. The number of para-hydroxylation sites is 1. The Morgan fingerprint density at radius 1 is 1.00 bits per heavy atom. The van der Waals surface area contributed by atoms with Gasteiger partial charge in [-0.3, -0.25) is 4.79 Å². The number of halogens is 1. The van der Waals surface area contributed by atoms with Gasteiger partial charge in [-0.15, -0.1) is 0 Å². The lowest BCUT2D eigenvalue weighted by molar-refractivity contribution is 0.0855. The van der Waals surface area contributed by atoms with Crippen molar-refractivity contribution in [2.75, 3.05) is 5.32 Å². The van der Waals surface area contributed by atoms with Crippen LogP contribution >= 0.6 is 11.3 Å². The van der Waals surface area contributed by atoms with Gasteiger partial charge >= 0.3 is 0 Å². The van der Waals surface area contributed by atoms with Gasteiger partial charge in [0.15, 0.2) is 10.9 Å². The molecule has 0 aliphatic heterocycles. The van der Waals surface area contributed by atoms with E-state index in [2.05, 4.69) is 10.3 Å². The third-order valence-electron chi connectivity index (χ3n) is 5.48. The Labute approximate surface area is 172 Å².